The molecule has 1 aliphatic heterocycles. The van der Waals surface area contributed by atoms with Gasteiger partial charge in [-0.3, -0.25) is 24.7 Å². The van der Waals surface area contributed by atoms with Crippen molar-refractivity contribution in [2.24, 2.45) is 0 Å². The summed E-state index contributed by atoms with van der Waals surface area (Å²) in [6, 6.07) is 21.9. The van der Waals surface area contributed by atoms with Crippen molar-refractivity contribution in [3.8, 4) is 16.9 Å². The highest BCUT2D eigenvalue weighted by molar-refractivity contribution is 7.99. The van der Waals surface area contributed by atoms with Gasteiger partial charge in [0.1, 0.15) is 16.3 Å². The zero-order valence-electron chi connectivity index (χ0n) is 30.9. The van der Waals surface area contributed by atoms with E-state index in [1.54, 1.807) is 39.9 Å². The average Bonchev–Trinajstić information content (AvgIpc) is 3.19. The van der Waals surface area contributed by atoms with Crippen LogP contribution in [0.2, 0.25) is 0 Å². The first-order valence-electron chi connectivity index (χ1n) is 17.6. The maximum absolute atomic E-state index is 14.1. The Morgan fingerprint density at radius 2 is 1.70 bits per heavy atom. The van der Waals surface area contributed by atoms with E-state index in [2.05, 4.69) is 20.5 Å². The number of carbonyl (C=O) groups excluding carboxylic acids is 2. The standard InChI is InChI=1S/C39H40N8O7S2/c1-39(2,3)29-19-26(28-21-30(48)25-40-24-28)18-27(20-29)38(50)46-15-13-45(14-16-46)35-22-33(41-12-17-55-31-8-5-4-6-9-31)34(47(51)52)23-36(35)56(53,54)44-37(49)32-10-7-11-42-43-32/h4-11,18-25,41,48H,12-17H2,1-3H3,(H,44,49). The molecule has 1 aliphatic rings. The van der Waals surface area contributed by atoms with E-state index in [4.69, 9.17) is 0 Å². The minimum Gasteiger partial charge on any atom is -0.506 e. The molecule has 0 spiro atoms. The molecule has 3 N–H and O–H groups in total. The second kappa shape index (κ2) is 16.7. The summed E-state index contributed by atoms with van der Waals surface area (Å²) in [4.78, 5) is 46.7. The molecular weight excluding hydrogens is 757 g/mol. The van der Waals surface area contributed by atoms with E-state index in [0.717, 1.165) is 16.5 Å². The number of amides is 2. The number of benzene rings is 3. The number of nitro groups is 1. The van der Waals surface area contributed by atoms with Crippen LogP contribution in [-0.4, -0.2) is 88.8 Å². The minimum absolute atomic E-state index is 0.00183. The lowest BCUT2D eigenvalue weighted by atomic mass is 9.84. The Morgan fingerprint density at radius 3 is 2.36 bits per heavy atom. The molecule has 0 bridgehead atoms. The number of hydrogen-bond acceptors (Lipinski definition) is 13. The molecule has 0 saturated carbocycles. The van der Waals surface area contributed by atoms with Gasteiger partial charge in [-0.2, -0.15) is 5.10 Å². The lowest BCUT2D eigenvalue weighted by Gasteiger charge is -2.37. The van der Waals surface area contributed by atoms with Crippen LogP contribution in [0.1, 0.15) is 47.2 Å². The molecule has 5 aromatic rings. The zero-order chi connectivity index (χ0) is 40.0. The summed E-state index contributed by atoms with van der Waals surface area (Å²) in [5.74, 6) is -0.735. The zero-order valence-corrected chi connectivity index (χ0v) is 32.5. The van der Waals surface area contributed by atoms with E-state index in [1.165, 1.54) is 30.6 Å². The van der Waals surface area contributed by atoms with Gasteiger partial charge >= 0.3 is 0 Å². The van der Waals surface area contributed by atoms with E-state index in [1.807, 2.05) is 68.0 Å². The maximum atomic E-state index is 14.1. The van der Waals surface area contributed by atoms with E-state index in [9.17, 15) is 33.2 Å². The highest BCUT2D eigenvalue weighted by Gasteiger charge is 2.33. The Hall–Kier alpha value is -6.07. The highest BCUT2D eigenvalue weighted by atomic mass is 32.2. The van der Waals surface area contributed by atoms with Crippen LogP contribution in [0.5, 0.6) is 5.75 Å². The molecule has 56 heavy (non-hydrogen) atoms. The summed E-state index contributed by atoms with van der Waals surface area (Å²) < 4.78 is 29.8. The molecule has 1 fully saturated rings. The fourth-order valence-electron chi connectivity index (χ4n) is 6.11. The van der Waals surface area contributed by atoms with Gasteiger partial charge < -0.3 is 20.2 Å². The van der Waals surface area contributed by atoms with Gasteiger partial charge in [-0.1, -0.05) is 45.0 Å². The van der Waals surface area contributed by atoms with Crippen molar-refractivity contribution in [2.75, 3.05) is 48.7 Å². The number of pyridine rings is 1. The monoisotopic (exact) mass is 796 g/mol. The number of thioether (sulfide) groups is 1. The van der Waals surface area contributed by atoms with Gasteiger partial charge in [0.05, 0.1) is 16.8 Å². The van der Waals surface area contributed by atoms with Gasteiger partial charge in [0.25, 0.3) is 27.5 Å². The smallest absolute Gasteiger partial charge is 0.293 e. The molecule has 17 heteroatoms. The second-order valence-corrected chi connectivity index (χ2v) is 16.8. The topological polar surface area (TPSA) is 201 Å². The molecule has 6 rings (SSSR count). The lowest BCUT2D eigenvalue weighted by Crippen LogP contribution is -2.49. The molecule has 0 aliphatic carbocycles. The van der Waals surface area contributed by atoms with Crippen LogP contribution < -0.4 is 14.9 Å². The molecule has 3 heterocycles. The number of hydrogen-bond donors (Lipinski definition) is 3. The summed E-state index contributed by atoms with van der Waals surface area (Å²) in [7, 11) is -4.70. The number of anilines is 2. The highest BCUT2D eigenvalue weighted by Crippen LogP contribution is 2.37. The predicted molar refractivity (Wildman–Crippen MR) is 214 cm³/mol. The fraction of sp³-hybridized carbons (Fsp3) is 0.256. The molecule has 0 unspecified atom stereocenters. The van der Waals surface area contributed by atoms with Crippen molar-refractivity contribution >= 4 is 50.7 Å². The Bertz CT molecular complexity index is 2350. The van der Waals surface area contributed by atoms with Crippen LogP contribution >= 0.6 is 11.8 Å². The van der Waals surface area contributed by atoms with Gasteiger partial charge in [-0.15, -0.1) is 16.9 Å². The van der Waals surface area contributed by atoms with Gasteiger partial charge in [-0.25, -0.2) is 13.1 Å². The third-order valence-electron chi connectivity index (χ3n) is 9.04. The van der Waals surface area contributed by atoms with E-state index in [0.29, 0.717) is 29.0 Å². The first-order valence-corrected chi connectivity index (χ1v) is 20.1. The molecule has 0 atom stereocenters. The molecule has 2 aromatic heterocycles. The van der Waals surface area contributed by atoms with E-state index >= 15 is 0 Å². The molecule has 290 valence electrons. The van der Waals surface area contributed by atoms with Gasteiger partial charge in [-0.05, 0) is 65.1 Å². The molecule has 15 nitrogen and oxygen atoms in total. The SMILES string of the molecule is CC(C)(C)c1cc(C(=O)N2CCN(c3cc(NCCSc4ccccc4)c([N+](=O)[O-])cc3S(=O)(=O)NC(=O)c3cccnn3)CC2)cc(-c2cncc(O)c2)c1. The van der Waals surface area contributed by atoms with Crippen LogP contribution in [-0.2, 0) is 15.4 Å². The van der Waals surface area contributed by atoms with Crippen molar-refractivity contribution < 1.29 is 28.0 Å². The third kappa shape index (κ3) is 9.41. The molecule has 3 aromatic carbocycles. The normalized spacial score (nSPS) is 13.3. The number of piperazine rings is 1. The molecular formula is C39H40N8O7S2. The van der Waals surface area contributed by atoms with Crippen molar-refractivity contribution in [3.63, 3.8) is 0 Å². The first-order chi connectivity index (χ1) is 26.7. The lowest BCUT2D eigenvalue weighted by molar-refractivity contribution is -0.384. The van der Waals surface area contributed by atoms with Crippen molar-refractivity contribution in [1.29, 1.82) is 0 Å². The van der Waals surface area contributed by atoms with Crippen molar-refractivity contribution in [1.82, 2.24) is 24.8 Å². The van der Waals surface area contributed by atoms with Crippen LogP contribution in [0.25, 0.3) is 11.1 Å². The van der Waals surface area contributed by atoms with Gasteiger partial charge in [0.2, 0.25) is 0 Å². The number of nitrogens with zero attached hydrogens (tertiary/aromatic N) is 6. The van der Waals surface area contributed by atoms with Gasteiger partial charge in [0, 0.05) is 73.0 Å². The fourth-order valence-corrected chi connectivity index (χ4v) is 8.08. The van der Waals surface area contributed by atoms with Crippen LogP contribution in [0.4, 0.5) is 17.1 Å². The summed E-state index contributed by atoms with van der Waals surface area (Å²) in [6.07, 6.45) is 4.28. The summed E-state index contributed by atoms with van der Waals surface area (Å²) in [6.45, 7) is 7.18. The van der Waals surface area contributed by atoms with Gasteiger partial charge in [0.15, 0.2) is 5.69 Å². The number of aromatic nitrogens is 3. The number of nitrogens with one attached hydrogen (secondary N) is 2. The average molecular weight is 797 g/mol. The number of nitro benzene ring substituents is 1. The van der Waals surface area contributed by atoms with Crippen LogP contribution in [0, 0.1) is 10.1 Å². The Labute approximate surface area is 328 Å². The van der Waals surface area contributed by atoms with E-state index in [-0.39, 0.29) is 60.3 Å². The van der Waals surface area contributed by atoms with Crippen LogP contribution in [0.3, 0.4) is 0 Å². The summed E-state index contributed by atoms with van der Waals surface area (Å²) >= 11 is 1.55. The molecule has 0 radical (unpaired) electrons. The second-order valence-electron chi connectivity index (χ2n) is 14.0. The minimum atomic E-state index is -4.70. The Morgan fingerprint density at radius 1 is 0.946 bits per heavy atom. The largest absolute Gasteiger partial charge is 0.506 e. The Balaban J connectivity index is 1.29. The van der Waals surface area contributed by atoms with Crippen LogP contribution in [0.15, 0.2) is 107 Å². The number of sulfonamides is 1. The number of carbonyl (C=O) groups is 2. The third-order valence-corrected chi connectivity index (χ3v) is 11.4. The molecule has 1 saturated heterocycles. The first kappa shape index (κ1) is 39.6. The quantitative estimate of drug-likeness (QED) is 0.0599. The number of rotatable bonds is 12. The summed E-state index contributed by atoms with van der Waals surface area (Å²) in [5, 5.41) is 32.8. The predicted octanol–water partition coefficient (Wildman–Crippen LogP) is 5.74. The Kier molecular flexibility index (Phi) is 11.8. The van der Waals surface area contributed by atoms with Crippen molar-refractivity contribution in [3.05, 3.63) is 124 Å². The summed E-state index contributed by atoms with van der Waals surface area (Å²) in [5.41, 5.74) is 1.88. The number of aromatic hydroxyl groups is 1. The molecule has 2 amide bonds. The van der Waals surface area contributed by atoms with Crippen molar-refractivity contribution in [2.45, 2.75) is 36.0 Å². The van der Waals surface area contributed by atoms with E-state index < -0.39 is 31.4 Å². The maximum Gasteiger partial charge on any atom is 0.293 e.